The molecule has 1 aliphatic heterocycles. The molecule has 0 aliphatic carbocycles. The maximum absolute atomic E-state index is 12.6. The summed E-state index contributed by atoms with van der Waals surface area (Å²) in [7, 11) is 0. The van der Waals surface area contributed by atoms with Crippen molar-refractivity contribution in [2.24, 2.45) is 0 Å². The monoisotopic (exact) mass is 441 g/mol. The summed E-state index contributed by atoms with van der Waals surface area (Å²) in [5, 5.41) is 5.62. The summed E-state index contributed by atoms with van der Waals surface area (Å²) in [5.41, 5.74) is 2.53. The van der Waals surface area contributed by atoms with Crippen LogP contribution in [0.25, 0.3) is 0 Å². The zero-order valence-electron chi connectivity index (χ0n) is 17.9. The van der Waals surface area contributed by atoms with Crippen LogP contribution in [0.2, 0.25) is 0 Å². The third-order valence-electron chi connectivity index (χ3n) is 5.41. The lowest BCUT2D eigenvalue weighted by atomic mass is 10.1. The highest BCUT2D eigenvalue weighted by Crippen LogP contribution is 2.23. The standard InChI is InChI=1S/C26H23N3O4/c30-23(15-8-16-29-25(32)19-11-4-5-12-20(19)26(29)33)28-22-14-7-6-13-21(22)24(31)27-17-18-9-2-1-3-10-18/h1-7,9-14H,8,15-17H2,(H,27,31)(H,28,30). The van der Waals surface area contributed by atoms with E-state index in [2.05, 4.69) is 10.6 Å². The van der Waals surface area contributed by atoms with Gasteiger partial charge in [-0.3, -0.25) is 24.1 Å². The van der Waals surface area contributed by atoms with E-state index in [9.17, 15) is 19.2 Å². The predicted octanol–water partition coefficient (Wildman–Crippen LogP) is 3.63. The molecule has 4 rings (SSSR count). The first kappa shape index (κ1) is 22.0. The Kier molecular flexibility index (Phi) is 6.59. The number of imide groups is 1. The number of rotatable bonds is 8. The van der Waals surface area contributed by atoms with Crippen molar-refractivity contribution in [3.05, 3.63) is 101 Å². The van der Waals surface area contributed by atoms with Gasteiger partial charge in [-0.05, 0) is 36.2 Å². The van der Waals surface area contributed by atoms with E-state index < -0.39 is 0 Å². The normalized spacial score (nSPS) is 12.4. The number of para-hydroxylation sites is 1. The largest absolute Gasteiger partial charge is 0.348 e. The highest BCUT2D eigenvalue weighted by atomic mass is 16.2. The first-order valence-electron chi connectivity index (χ1n) is 10.7. The number of nitrogens with zero attached hydrogens (tertiary/aromatic N) is 1. The molecule has 1 aliphatic rings. The number of nitrogens with one attached hydrogen (secondary N) is 2. The predicted molar refractivity (Wildman–Crippen MR) is 124 cm³/mol. The van der Waals surface area contributed by atoms with Crippen LogP contribution in [0, 0.1) is 0 Å². The van der Waals surface area contributed by atoms with Crippen molar-refractivity contribution in [1.82, 2.24) is 10.2 Å². The van der Waals surface area contributed by atoms with Gasteiger partial charge in [-0.15, -0.1) is 0 Å². The van der Waals surface area contributed by atoms with Crippen molar-refractivity contribution in [3.8, 4) is 0 Å². The first-order chi connectivity index (χ1) is 16.0. The molecule has 0 saturated carbocycles. The lowest BCUT2D eigenvalue weighted by Crippen LogP contribution is -2.31. The fraction of sp³-hybridized carbons (Fsp3) is 0.154. The number of hydrogen-bond donors (Lipinski definition) is 2. The third-order valence-corrected chi connectivity index (χ3v) is 5.41. The van der Waals surface area contributed by atoms with Gasteiger partial charge in [-0.2, -0.15) is 0 Å². The Bertz CT molecular complexity index is 1170. The number of amides is 4. The number of fused-ring (bicyclic) bond motifs is 1. The molecule has 0 aromatic heterocycles. The van der Waals surface area contributed by atoms with Gasteiger partial charge in [-0.25, -0.2) is 0 Å². The number of carbonyl (C=O) groups excluding carboxylic acids is 4. The molecule has 7 heteroatoms. The van der Waals surface area contributed by atoms with E-state index in [0.29, 0.717) is 35.3 Å². The Balaban J connectivity index is 1.31. The van der Waals surface area contributed by atoms with Crippen LogP contribution in [0.15, 0.2) is 78.9 Å². The minimum absolute atomic E-state index is 0.105. The first-order valence-corrected chi connectivity index (χ1v) is 10.7. The van der Waals surface area contributed by atoms with E-state index >= 15 is 0 Å². The molecule has 33 heavy (non-hydrogen) atoms. The van der Waals surface area contributed by atoms with Crippen LogP contribution in [0.5, 0.6) is 0 Å². The van der Waals surface area contributed by atoms with Crippen molar-refractivity contribution in [2.75, 3.05) is 11.9 Å². The summed E-state index contributed by atoms with van der Waals surface area (Å²) >= 11 is 0. The van der Waals surface area contributed by atoms with Gasteiger partial charge in [0, 0.05) is 19.5 Å². The Morgan fingerprint density at radius 1 is 0.758 bits per heavy atom. The molecule has 0 bridgehead atoms. The molecule has 0 unspecified atom stereocenters. The van der Waals surface area contributed by atoms with Crippen LogP contribution in [0.4, 0.5) is 5.69 Å². The van der Waals surface area contributed by atoms with Crippen molar-refractivity contribution >= 4 is 29.3 Å². The molecule has 3 aromatic rings. The van der Waals surface area contributed by atoms with Gasteiger partial charge < -0.3 is 10.6 Å². The zero-order valence-corrected chi connectivity index (χ0v) is 17.9. The third kappa shape index (κ3) is 4.98. The summed E-state index contributed by atoms with van der Waals surface area (Å²) < 4.78 is 0. The number of hydrogen-bond acceptors (Lipinski definition) is 4. The van der Waals surface area contributed by atoms with Gasteiger partial charge >= 0.3 is 0 Å². The fourth-order valence-electron chi connectivity index (χ4n) is 3.72. The van der Waals surface area contributed by atoms with Gasteiger partial charge in [0.15, 0.2) is 0 Å². The molecule has 0 radical (unpaired) electrons. The van der Waals surface area contributed by atoms with E-state index in [-0.39, 0.29) is 36.6 Å². The lowest BCUT2D eigenvalue weighted by molar-refractivity contribution is -0.116. The van der Waals surface area contributed by atoms with E-state index in [1.165, 1.54) is 4.90 Å². The molecule has 166 valence electrons. The van der Waals surface area contributed by atoms with Crippen molar-refractivity contribution < 1.29 is 19.2 Å². The van der Waals surface area contributed by atoms with E-state index in [1.807, 2.05) is 30.3 Å². The molecule has 1 heterocycles. The molecule has 3 aromatic carbocycles. The molecular weight excluding hydrogens is 418 g/mol. The van der Waals surface area contributed by atoms with Crippen LogP contribution in [-0.4, -0.2) is 35.1 Å². The Hall–Kier alpha value is -4.26. The van der Waals surface area contributed by atoms with Gasteiger partial charge in [0.1, 0.15) is 0 Å². The molecule has 0 fully saturated rings. The second-order valence-corrected chi connectivity index (χ2v) is 7.67. The SMILES string of the molecule is O=C(CCCN1C(=O)c2ccccc2C1=O)Nc1ccccc1C(=O)NCc1ccccc1. The minimum atomic E-state index is -0.337. The molecule has 0 spiro atoms. The molecule has 0 saturated heterocycles. The average Bonchev–Trinajstić information content (AvgIpc) is 3.08. The average molecular weight is 441 g/mol. The van der Waals surface area contributed by atoms with Crippen LogP contribution in [-0.2, 0) is 11.3 Å². The Morgan fingerprint density at radius 2 is 1.36 bits per heavy atom. The molecular formula is C26H23N3O4. The van der Waals surface area contributed by atoms with Gasteiger partial charge in [0.2, 0.25) is 5.91 Å². The summed E-state index contributed by atoms with van der Waals surface area (Å²) in [4.78, 5) is 51.1. The van der Waals surface area contributed by atoms with E-state index in [1.54, 1.807) is 48.5 Å². The Labute approximate surface area is 191 Å². The summed E-state index contributed by atoms with van der Waals surface area (Å²) in [5.74, 6) is -1.26. The lowest BCUT2D eigenvalue weighted by Gasteiger charge is -2.14. The topological polar surface area (TPSA) is 95.6 Å². The van der Waals surface area contributed by atoms with Crippen LogP contribution in [0.3, 0.4) is 0 Å². The number of benzene rings is 3. The molecule has 2 N–H and O–H groups in total. The Morgan fingerprint density at radius 3 is 2.06 bits per heavy atom. The van der Waals surface area contributed by atoms with Crippen molar-refractivity contribution in [1.29, 1.82) is 0 Å². The van der Waals surface area contributed by atoms with Crippen molar-refractivity contribution in [2.45, 2.75) is 19.4 Å². The summed E-state index contributed by atoms with van der Waals surface area (Å²) in [6.07, 6.45) is 0.424. The second kappa shape index (κ2) is 9.91. The second-order valence-electron chi connectivity index (χ2n) is 7.67. The highest BCUT2D eigenvalue weighted by molar-refractivity contribution is 6.21. The van der Waals surface area contributed by atoms with Crippen LogP contribution < -0.4 is 10.6 Å². The molecule has 7 nitrogen and oxygen atoms in total. The quantitative estimate of drug-likeness (QED) is 0.522. The summed E-state index contributed by atoms with van der Waals surface area (Å²) in [6.45, 7) is 0.529. The van der Waals surface area contributed by atoms with Crippen LogP contribution >= 0.6 is 0 Å². The van der Waals surface area contributed by atoms with E-state index in [4.69, 9.17) is 0 Å². The van der Waals surface area contributed by atoms with Crippen LogP contribution in [0.1, 0.15) is 49.5 Å². The highest BCUT2D eigenvalue weighted by Gasteiger charge is 2.34. The fourth-order valence-corrected chi connectivity index (χ4v) is 3.72. The molecule has 4 amide bonds. The zero-order chi connectivity index (χ0) is 23.2. The smallest absolute Gasteiger partial charge is 0.261 e. The van der Waals surface area contributed by atoms with Gasteiger partial charge in [-0.1, -0.05) is 54.6 Å². The minimum Gasteiger partial charge on any atom is -0.348 e. The summed E-state index contributed by atoms with van der Waals surface area (Å²) in [6, 6.07) is 23.0. The van der Waals surface area contributed by atoms with Gasteiger partial charge in [0.05, 0.1) is 22.4 Å². The van der Waals surface area contributed by atoms with E-state index in [0.717, 1.165) is 5.56 Å². The van der Waals surface area contributed by atoms with Gasteiger partial charge in [0.25, 0.3) is 17.7 Å². The maximum Gasteiger partial charge on any atom is 0.261 e. The number of carbonyl (C=O) groups is 4. The maximum atomic E-state index is 12.6. The van der Waals surface area contributed by atoms with Crippen molar-refractivity contribution in [3.63, 3.8) is 0 Å². The number of anilines is 1. The molecule has 0 atom stereocenters.